The van der Waals surface area contributed by atoms with Gasteiger partial charge in [0.1, 0.15) is 24.7 Å². The predicted molar refractivity (Wildman–Crippen MR) is 133 cm³/mol. The van der Waals surface area contributed by atoms with E-state index < -0.39 is 0 Å². The van der Waals surface area contributed by atoms with Crippen LogP contribution in [0.15, 0.2) is 66.1 Å². The molecule has 0 amide bonds. The average Bonchev–Trinajstić information content (AvgIpc) is 3.23. The third-order valence-corrected chi connectivity index (χ3v) is 6.70. The second kappa shape index (κ2) is 8.12. The monoisotopic (exact) mass is 456 g/mol. The van der Waals surface area contributed by atoms with E-state index in [0.29, 0.717) is 19.0 Å². The highest BCUT2D eigenvalue weighted by Crippen LogP contribution is 2.46. The van der Waals surface area contributed by atoms with E-state index in [0.717, 1.165) is 34.6 Å². The van der Waals surface area contributed by atoms with Crippen LogP contribution in [0.5, 0.6) is 5.75 Å². The fourth-order valence-electron chi connectivity index (χ4n) is 4.94. The fraction of sp³-hybridized carbons (Fsp3) is 0.393. The van der Waals surface area contributed by atoms with Gasteiger partial charge in [-0.1, -0.05) is 77.1 Å². The van der Waals surface area contributed by atoms with E-state index in [2.05, 4.69) is 74.3 Å². The van der Waals surface area contributed by atoms with E-state index in [1.807, 2.05) is 24.3 Å². The Morgan fingerprint density at radius 2 is 1.82 bits per heavy atom. The Morgan fingerprint density at radius 1 is 1.09 bits per heavy atom. The summed E-state index contributed by atoms with van der Waals surface area (Å²) < 4.78 is 8.13. The number of ketones is 1. The van der Waals surface area contributed by atoms with Gasteiger partial charge in [-0.05, 0) is 34.4 Å². The van der Waals surface area contributed by atoms with Crippen molar-refractivity contribution in [2.45, 2.75) is 65.5 Å². The van der Waals surface area contributed by atoms with E-state index in [4.69, 9.17) is 4.74 Å². The highest BCUT2D eigenvalue weighted by Gasteiger charge is 2.42. The molecule has 1 atom stereocenters. The fourth-order valence-corrected chi connectivity index (χ4v) is 4.94. The summed E-state index contributed by atoms with van der Waals surface area (Å²) >= 11 is 0. The number of carbonyl (C=O) groups is 1. The number of carbonyl (C=O) groups excluding carboxylic acids is 1. The van der Waals surface area contributed by atoms with Gasteiger partial charge in [0.25, 0.3) is 0 Å². The highest BCUT2D eigenvalue weighted by atomic mass is 16.5. The lowest BCUT2D eigenvalue weighted by atomic mass is 9.73. The molecule has 1 aliphatic heterocycles. The van der Waals surface area contributed by atoms with Crippen molar-refractivity contribution in [3.8, 4) is 5.75 Å². The summed E-state index contributed by atoms with van der Waals surface area (Å²) in [5.74, 6) is 1.56. The Balaban J connectivity index is 1.49. The number of rotatable bonds is 4. The SMILES string of the molecule is CC1(C)CC(=O)C2=C(C1)Nc1ncnn1C2c1ccccc1OCc1ccc(C(C)(C)C)cc1. The molecule has 1 N–H and O–H groups in total. The molecule has 1 aromatic heterocycles. The van der Waals surface area contributed by atoms with E-state index in [1.165, 1.54) is 11.9 Å². The number of hydrogen-bond acceptors (Lipinski definition) is 5. The molecule has 0 spiro atoms. The van der Waals surface area contributed by atoms with Gasteiger partial charge in [-0.2, -0.15) is 10.1 Å². The highest BCUT2D eigenvalue weighted by molar-refractivity contribution is 6.00. The van der Waals surface area contributed by atoms with Crippen molar-refractivity contribution in [3.63, 3.8) is 0 Å². The van der Waals surface area contributed by atoms with Crippen molar-refractivity contribution in [3.05, 3.63) is 82.8 Å². The summed E-state index contributed by atoms with van der Waals surface area (Å²) in [7, 11) is 0. The van der Waals surface area contributed by atoms with Gasteiger partial charge in [0.2, 0.25) is 5.95 Å². The van der Waals surface area contributed by atoms with E-state index in [1.54, 1.807) is 4.68 Å². The van der Waals surface area contributed by atoms with E-state index in [9.17, 15) is 4.79 Å². The summed E-state index contributed by atoms with van der Waals surface area (Å²) in [5.41, 5.74) is 5.05. The number of nitrogens with zero attached hydrogens (tertiary/aromatic N) is 3. The smallest absolute Gasteiger partial charge is 0.226 e. The summed E-state index contributed by atoms with van der Waals surface area (Å²) in [6.45, 7) is 11.3. The van der Waals surface area contributed by atoms with Gasteiger partial charge >= 0.3 is 0 Å². The van der Waals surface area contributed by atoms with Gasteiger partial charge in [0, 0.05) is 23.3 Å². The Kier molecular flexibility index (Phi) is 5.34. The lowest BCUT2D eigenvalue weighted by Gasteiger charge is -2.38. The molecular weight excluding hydrogens is 424 g/mol. The quantitative estimate of drug-likeness (QED) is 0.536. The Morgan fingerprint density at radius 3 is 2.56 bits per heavy atom. The molecule has 2 heterocycles. The minimum atomic E-state index is -0.364. The van der Waals surface area contributed by atoms with Crippen LogP contribution in [0.4, 0.5) is 5.95 Å². The molecule has 6 nitrogen and oxygen atoms in total. The normalized spacial score (nSPS) is 19.3. The zero-order valence-corrected chi connectivity index (χ0v) is 20.6. The number of anilines is 1. The number of fused-ring (bicyclic) bond motifs is 1. The molecule has 0 bridgehead atoms. The second-order valence-electron chi connectivity index (χ2n) is 11.2. The molecule has 2 aliphatic rings. The molecular formula is C28H32N4O2. The van der Waals surface area contributed by atoms with Crippen LogP contribution >= 0.6 is 0 Å². The third-order valence-electron chi connectivity index (χ3n) is 6.70. The van der Waals surface area contributed by atoms with Crippen LogP contribution in [-0.2, 0) is 16.8 Å². The first kappa shape index (κ1) is 22.4. The molecule has 1 aliphatic carbocycles. The van der Waals surface area contributed by atoms with Gasteiger partial charge in [-0.3, -0.25) is 4.79 Å². The Bertz CT molecular complexity index is 1260. The van der Waals surface area contributed by atoms with Crippen molar-refractivity contribution in [1.82, 2.24) is 14.8 Å². The van der Waals surface area contributed by atoms with Crippen LogP contribution in [0.2, 0.25) is 0 Å². The minimum absolute atomic E-state index is 0.0924. The zero-order valence-electron chi connectivity index (χ0n) is 20.6. The number of benzene rings is 2. The van der Waals surface area contributed by atoms with Gasteiger partial charge in [-0.15, -0.1) is 0 Å². The van der Waals surface area contributed by atoms with Crippen molar-refractivity contribution in [2.75, 3.05) is 5.32 Å². The maximum Gasteiger partial charge on any atom is 0.226 e. The van der Waals surface area contributed by atoms with Crippen LogP contribution < -0.4 is 10.1 Å². The van der Waals surface area contributed by atoms with Gasteiger partial charge in [-0.25, -0.2) is 4.68 Å². The molecule has 0 saturated carbocycles. The number of allylic oxidation sites excluding steroid dienone is 2. The van der Waals surface area contributed by atoms with E-state index >= 15 is 0 Å². The van der Waals surface area contributed by atoms with Crippen LogP contribution in [0.1, 0.15) is 70.2 Å². The van der Waals surface area contributed by atoms with Crippen LogP contribution in [-0.4, -0.2) is 20.5 Å². The number of nitrogens with one attached hydrogen (secondary N) is 1. The topological polar surface area (TPSA) is 69.0 Å². The first-order valence-corrected chi connectivity index (χ1v) is 11.9. The van der Waals surface area contributed by atoms with Gasteiger partial charge in [0.15, 0.2) is 5.78 Å². The Hall–Kier alpha value is -3.41. The van der Waals surface area contributed by atoms with Crippen molar-refractivity contribution >= 4 is 11.7 Å². The largest absolute Gasteiger partial charge is 0.489 e. The Labute approximate surface area is 201 Å². The molecule has 34 heavy (non-hydrogen) atoms. The number of hydrogen-bond donors (Lipinski definition) is 1. The standard InChI is InChI=1S/C28H32N4O2/c1-27(2,3)19-12-10-18(11-13-19)16-34-23-9-7-6-8-20(23)25-24-21(14-28(4,5)15-22(24)33)31-26-29-17-30-32(25)26/h6-13,17,25H,14-16H2,1-5H3,(H,29,30,31). The van der Waals surface area contributed by atoms with Gasteiger partial charge < -0.3 is 10.1 Å². The molecule has 1 unspecified atom stereocenters. The molecule has 0 saturated heterocycles. The van der Waals surface area contributed by atoms with Crippen molar-refractivity contribution < 1.29 is 9.53 Å². The first-order chi connectivity index (χ1) is 16.1. The van der Waals surface area contributed by atoms with Crippen LogP contribution in [0.3, 0.4) is 0 Å². The lowest BCUT2D eigenvalue weighted by molar-refractivity contribution is -0.118. The first-order valence-electron chi connectivity index (χ1n) is 11.9. The number of ether oxygens (including phenoxy) is 1. The number of Topliss-reactive ketones (excluding diaryl/α,β-unsaturated/α-hetero) is 1. The zero-order chi connectivity index (χ0) is 24.1. The summed E-state index contributed by atoms with van der Waals surface area (Å²) in [6, 6.07) is 16.1. The minimum Gasteiger partial charge on any atom is -0.489 e. The van der Waals surface area contributed by atoms with Crippen LogP contribution in [0, 0.1) is 5.41 Å². The molecule has 0 fully saturated rings. The molecule has 0 radical (unpaired) electrons. The maximum atomic E-state index is 13.4. The summed E-state index contributed by atoms with van der Waals surface area (Å²) in [5, 5.41) is 7.84. The summed E-state index contributed by atoms with van der Waals surface area (Å²) in [6.07, 6.45) is 2.83. The third kappa shape index (κ3) is 4.13. The molecule has 3 aromatic rings. The second-order valence-corrected chi connectivity index (χ2v) is 11.2. The van der Waals surface area contributed by atoms with Crippen molar-refractivity contribution in [1.29, 1.82) is 0 Å². The number of para-hydroxylation sites is 1. The van der Waals surface area contributed by atoms with E-state index in [-0.39, 0.29) is 22.7 Å². The molecule has 6 heteroatoms. The molecule has 176 valence electrons. The number of aromatic nitrogens is 3. The van der Waals surface area contributed by atoms with Gasteiger partial charge in [0.05, 0.1) is 0 Å². The molecule has 2 aromatic carbocycles. The summed E-state index contributed by atoms with van der Waals surface area (Å²) in [4.78, 5) is 17.8. The molecule has 5 rings (SSSR count). The lowest BCUT2D eigenvalue weighted by Crippen LogP contribution is -2.36. The maximum absolute atomic E-state index is 13.4. The van der Waals surface area contributed by atoms with Crippen LogP contribution in [0.25, 0.3) is 0 Å². The van der Waals surface area contributed by atoms with Crippen molar-refractivity contribution in [2.24, 2.45) is 5.41 Å². The average molecular weight is 457 g/mol. The predicted octanol–water partition coefficient (Wildman–Crippen LogP) is 5.81.